The quantitative estimate of drug-likeness (QED) is 0.862. The van der Waals surface area contributed by atoms with Crippen molar-refractivity contribution in [2.24, 2.45) is 0 Å². The summed E-state index contributed by atoms with van der Waals surface area (Å²) in [5.74, 6) is 0. The molecule has 2 aliphatic heterocycles. The summed E-state index contributed by atoms with van der Waals surface area (Å²) in [5.41, 5.74) is 2.50. The van der Waals surface area contributed by atoms with Crippen LogP contribution in [0.25, 0.3) is 6.08 Å². The molecule has 21 heavy (non-hydrogen) atoms. The number of sulfone groups is 1. The van der Waals surface area contributed by atoms with Gasteiger partial charge in [0.05, 0.1) is 10.5 Å². The summed E-state index contributed by atoms with van der Waals surface area (Å²) in [6.45, 7) is 4.61. The third-order valence-corrected chi connectivity index (χ3v) is 7.37. The van der Waals surface area contributed by atoms with Gasteiger partial charge in [0.2, 0.25) is 0 Å². The largest absolute Gasteiger partial charge is 0.298 e. The molecule has 0 N–H and O–H groups in total. The molecule has 0 spiro atoms. The Bertz CT molecular complexity index is 621. The summed E-state index contributed by atoms with van der Waals surface area (Å²) in [4.78, 5) is 2.32. The van der Waals surface area contributed by atoms with E-state index < -0.39 is 9.84 Å². The molecule has 2 atom stereocenters. The van der Waals surface area contributed by atoms with Crippen LogP contribution in [0.1, 0.15) is 31.7 Å². The zero-order chi connectivity index (χ0) is 14.9. The number of nitrogens with zero attached hydrogens (tertiary/aromatic N) is 1. The molecule has 0 saturated carbocycles. The molecule has 2 aliphatic rings. The van der Waals surface area contributed by atoms with E-state index in [4.69, 9.17) is 0 Å². The van der Waals surface area contributed by atoms with Gasteiger partial charge in [0.15, 0.2) is 9.84 Å². The smallest absolute Gasteiger partial charge is 0.157 e. The molecule has 2 heterocycles. The van der Waals surface area contributed by atoms with Crippen LogP contribution in [0.2, 0.25) is 0 Å². The van der Waals surface area contributed by atoms with Crippen molar-refractivity contribution >= 4 is 15.9 Å². The van der Waals surface area contributed by atoms with E-state index in [2.05, 4.69) is 30.0 Å². The Morgan fingerprint density at radius 2 is 1.90 bits per heavy atom. The lowest BCUT2D eigenvalue weighted by molar-refractivity contribution is 0.283. The molecule has 2 bridgehead atoms. The van der Waals surface area contributed by atoms with Gasteiger partial charge in [0, 0.05) is 13.1 Å². The molecule has 0 aliphatic carbocycles. The van der Waals surface area contributed by atoms with Crippen molar-refractivity contribution in [2.75, 3.05) is 19.6 Å². The fourth-order valence-electron chi connectivity index (χ4n) is 3.56. The van der Waals surface area contributed by atoms with Crippen LogP contribution in [-0.4, -0.2) is 43.5 Å². The highest BCUT2D eigenvalue weighted by Gasteiger charge is 2.43. The molecular weight excluding hydrogens is 282 g/mol. The van der Waals surface area contributed by atoms with Crippen LogP contribution >= 0.6 is 0 Å². The summed E-state index contributed by atoms with van der Waals surface area (Å²) in [7, 11) is -2.85. The van der Waals surface area contributed by atoms with Gasteiger partial charge in [0.1, 0.15) is 0 Å². The average Bonchev–Trinajstić information content (AvgIpc) is 2.63. The molecule has 114 valence electrons. The summed E-state index contributed by atoms with van der Waals surface area (Å²) in [6, 6.07) is 10.3. The first-order chi connectivity index (χ1) is 10.1. The molecule has 3 rings (SSSR count). The third-order valence-electron chi connectivity index (χ3n) is 4.65. The van der Waals surface area contributed by atoms with Gasteiger partial charge in [-0.25, -0.2) is 8.42 Å². The first-order valence-corrected chi connectivity index (χ1v) is 9.34. The van der Waals surface area contributed by atoms with Gasteiger partial charge in [-0.1, -0.05) is 42.0 Å². The molecule has 2 unspecified atom stereocenters. The third kappa shape index (κ3) is 3.22. The minimum atomic E-state index is -2.85. The van der Waals surface area contributed by atoms with Crippen molar-refractivity contribution in [1.29, 1.82) is 0 Å². The van der Waals surface area contributed by atoms with E-state index in [-0.39, 0.29) is 10.5 Å². The predicted octanol–water partition coefficient (Wildman–Crippen LogP) is 2.74. The Morgan fingerprint density at radius 1 is 1.19 bits per heavy atom. The number of hydrogen-bond donors (Lipinski definition) is 0. The first-order valence-electron chi connectivity index (χ1n) is 7.73. The SMILES string of the molecule is CC(=Cc1ccccc1)CN1CCC2CCC(C1)S2(=O)=O. The van der Waals surface area contributed by atoms with E-state index in [1.54, 1.807) is 0 Å². The van der Waals surface area contributed by atoms with E-state index in [0.717, 1.165) is 32.4 Å². The lowest BCUT2D eigenvalue weighted by atomic mass is 10.1. The molecule has 0 radical (unpaired) electrons. The second-order valence-electron chi connectivity index (χ2n) is 6.34. The lowest BCUT2D eigenvalue weighted by Gasteiger charge is -2.23. The highest BCUT2D eigenvalue weighted by Crippen LogP contribution is 2.33. The summed E-state index contributed by atoms with van der Waals surface area (Å²) in [5, 5.41) is -0.208. The number of benzene rings is 1. The van der Waals surface area contributed by atoms with E-state index >= 15 is 0 Å². The predicted molar refractivity (Wildman–Crippen MR) is 86.9 cm³/mol. The zero-order valence-electron chi connectivity index (χ0n) is 12.5. The van der Waals surface area contributed by atoms with Crippen molar-refractivity contribution in [3.05, 3.63) is 41.5 Å². The summed E-state index contributed by atoms with van der Waals surface area (Å²) in [6.07, 6.45) is 4.72. The number of hydrogen-bond acceptors (Lipinski definition) is 3. The molecular formula is C17H23NO2S. The van der Waals surface area contributed by atoms with Crippen LogP contribution < -0.4 is 0 Å². The van der Waals surface area contributed by atoms with E-state index in [1.807, 2.05) is 18.2 Å². The fourth-order valence-corrected chi connectivity index (χ4v) is 5.88. The second-order valence-corrected chi connectivity index (χ2v) is 8.85. The molecule has 0 amide bonds. The standard InChI is InChI=1S/C17H23NO2S/c1-14(11-15-5-3-2-4-6-15)12-18-10-9-16-7-8-17(13-18)21(16,19)20/h2-6,11,16-17H,7-10,12-13H2,1H3. The molecule has 2 fully saturated rings. The van der Waals surface area contributed by atoms with Crippen LogP contribution in [0.4, 0.5) is 0 Å². The second kappa shape index (κ2) is 5.93. The maximum absolute atomic E-state index is 12.3. The average molecular weight is 305 g/mol. The van der Waals surface area contributed by atoms with Crippen molar-refractivity contribution in [1.82, 2.24) is 4.90 Å². The molecule has 0 aromatic heterocycles. The summed E-state index contributed by atoms with van der Waals surface area (Å²) >= 11 is 0. The molecule has 1 aromatic carbocycles. The Balaban J connectivity index is 1.68. The fraction of sp³-hybridized carbons (Fsp3) is 0.529. The van der Waals surface area contributed by atoms with Gasteiger partial charge < -0.3 is 0 Å². The van der Waals surface area contributed by atoms with Crippen molar-refractivity contribution in [3.63, 3.8) is 0 Å². The van der Waals surface area contributed by atoms with Crippen LogP contribution in [0.3, 0.4) is 0 Å². The van der Waals surface area contributed by atoms with Gasteiger partial charge >= 0.3 is 0 Å². The van der Waals surface area contributed by atoms with E-state index in [1.165, 1.54) is 11.1 Å². The molecule has 3 nitrogen and oxygen atoms in total. The van der Waals surface area contributed by atoms with Gasteiger partial charge in [-0.05, 0) is 38.3 Å². The van der Waals surface area contributed by atoms with Crippen LogP contribution in [0.15, 0.2) is 35.9 Å². The highest BCUT2D eigenvalue weighted by molar-refractivity contribution is 7.93. The normalized spacial score (nSPS) is 29.3. The maximum atomic E-state index is 12.3. The molecule has 4 heteroatoms. The Hall–Kier alpha value is -1.13. The van der Waals surface area contributed by atoms with E-state index in [9.17, 15) is 8.42 Å². The van der Waals surface area contributed by atoms with Gasteiger partial charge in [-0.15, -0.1) is 0 Å². The maximum Gasteiger partial charge on any atom is 0.157 e. The topological polar surface area (TPSA) is 37.4 Å². The minimum Gasteiger partial charge on any atom is -0.298 e. The monoisotopic (exact) mass is 305 g/mol. The van der Waals surface area contributed by atoms with Gasteiger partial charge in [-0.2, -0.15) is 0 Å². The van der Waals surface area contributed by atoms with Crippen molar-refractivity contribution in [2.45, 2.75) is 36.7 Å². The summed E-state index contributed by atoms with van der Waals surface area (Å²) < 4.78 is 24.6. The van der Waals surface area contributed by atoms with Crippen LogP contribution in [-0.2, 0) is 9.84 Å². The Labute approximate surface area is 127 Å². The minimum absolute atomic E-state index is 0.0779. The van der Waals surface area contributed by atoms with Gasteiger partial charge in [-0.3, -0.25) is 4.90 Å². The highest BCUT2D eigenvalue weighted by atomic mass is 32.2. The first kappa shape index (κ1) is 14.8. The van der Waals surface area contributed by atoms with E-state index in [0.29, 0.717) is 6.54 Å². The van der Waals surface area contributed by atoms with Crippen molar-refractivity contribution < 1.29 is 8.42 Å². The van der Waals surface area contributed by atoms with Gasteiger partial charge in [0.25, 0.3) is 0 Å². The molecule has 2 saturated heterocycles. The van der Waals surface area contributed by atoms with Crippen LogP contribution in [0.5, 0.6) is 0 Å². The molecule has 1 aromatic rings. The van der Waals surface area contributed by atoms with Crippen LogP contribution in [0, 0.1) is 0 Å². The lowest BCUT2D eigenvalue weighted by Crippen LogP contribution is -2.34. The number of rotatable bonds is 3. The zero-order valence-corrected chi connectivity index (χ0v) is 13.3. The number of likely N-dealkylation sites (tertiary alicyclic amines) is 1. The Morgan fingerprint density at radius 3 is 2.67 bits per heavy atom. The van der Waals surface area contributed by atoms with Crippen molar-refractivity contribution in [3.8, 4) is 0 Å². The Kier molecular flexibility index (Phi) is 4.18. The number of fused-ring (bicyclic) bond motifs is 2.